The minimum absolute atomic E-state index is 0.0565. The van der Waals surface area contributed by atoms with E-state index >= 15 is 0 Å². The van der Waals surface area contributed by atoms with Crippen molar-refractivity contribution >= 4 is 15.8 Å². The zero-order valence-corrected chi connectivity index (χ0v) is 11.3. The van der Waals surface area contributed by atoms with Gasteiger partial charge < -0.3 is 5.32 Å². The van der Waals surface area contributed by atoms with E-state index in [2.05, 4.69) is 15.0 Å². The summed E-state index contributed by atoms with van der Waals surface area (Å²) in [5, 5.41) is 3.23. The maximum atomic E-state index is 12.0. The molecule has 1 saturated heterocycles. The fourth-order valence-electron chi connectivity index (χ4n) is 2.13. The van der Waals surface area contributed by atoms with E-state index in [0.717, 1.165) is 31.5 Å². The fraction of sp³-hybridized carbons (Fsp3) is 0.583. The quantitative estimate of drug-likeness (QED) is 0.863. The summed E-state index contributed by atoms with van der Waals surface area (Å²) < 4.78 is 26.5. The van der Waals surface area contributed by atoms with Gasteiger partial charge in [0.2, 0.25) is 10.0 Å². The third-order valence-corrected chi connectivity index (χ3v) is 4.34. The molecule has 1 fully saturated rings. The van der Waals surface area contributed by atoms with Gasteiger partial charge in [0.15, 0.2) is 0 Å². The van der Waals surface area contributed by atoms with Gasteiger partial charge in [-0.1, -0.05) is 12.5 Å². The molecule has 0 aliphatic carbocycles. The van der Waals surface area contributed by atoms with E-state index in [-0.39, 0.29) is 11.8 Å². The van der Waals surface area contributed by atoms with Gasteiger partial charge in [0.25, 0.3) is 0 Å². The van der Waals surface area contributed by atoms with Gasteiger partial charge in [-0.3, -0.25) is 4.72 Å². The molecule has 0 spiro atoms. The molecule has 0 radical (unpaired) electrons. The Bertz CT molecular complexity index is 496. The van der Waals surface area contributed by atoms with Crippen LogP contribution < -0.4 is 10.0 Å². The van der Waals surface area contributed by atoms with E-state index in [1.807, 2.05) is 13.0 Å². The van der Waals surface area contributed by atoms with Crippen molar-refractivity contribution in [2.45, 2.75) is 32.2 Å². The number of nitrogens with zero attached hydrogens (tertiary/aromatic N) is 1. The first-order chi connectivity index (χ1) is 8.55. The molecule has 1 unspecified atom stereocenters. The number of piperidine rings is 1. The number of sulfonamides is 1. The molecule has 18 heavy (non-hydrogen) atoms. The van der Waals surface area contributed by atoms with Crippen molar-refractivity contribution in [1.82, 2.24) is 10.3 Å². The van der Waals surface area contributed by atoms with Crippen LogP contribution in [-0.2, 0) is 10.0 Å². The van der Waals surface area contributed by atoms with E-state index < -0.39 is 10.0 Å². The Kier molecular flexibility index (Phi) is 4.19. The third-order valence-electron chi connectivity index (χ3n) is 2.98. The molecule has 1 aromatic heterocycles. The van der Waals surface area contributed by atoms with Crippen molar-refractivity contribution in [3.8, 4) is 0 Å². The summed E-state index contributed by atoms with van der Waals surface area (Å²) in [5.41, 5.74) is 0.797. The second-order valence-electron chi connectivity index (χ2n) is 4.69. The van der Waals surface area contributed by atoms with Gasteiger partial charge in [0, 0.05) is 11.7 Å². The van der Waals surface area contributed by atoms with Gasteiger partial charge in [-0.15, -0.1) is 0 Å². The summed E-state index contributed by atoms with van der Waals surface area (Å²) in [4.78, 5) is 4.14. The van der Waals surface area contributed by atoms with Crippen molar-refractivity contribution in [1.29, 1.82) is 0 Å². The first-order valence-electron chi connectivity index (χ1n) is 6.23. The monoisotopic (exact) mass is 269 g/mol. The molecule has 1 aliphatic rings. The number of hydrogen-bond acceptors (Lipinski definition) is 4. The standard InChI is InChI=1S/C12H19N3O2S/c1-10-5-4-7-12(14-10)15-18(16,17)9-11-6-2-3-8-13-11/h4-5,7,11,13H,2-3,6,8-9H2,1H3,(H,14,15). The minimum atomic E-state index is -3.33. The molecule has 1 aromatic rings. The van der Waals surface area contributed by atoms with Crippen LogP contribution in [0.2, 0.25) is 0 Å². The highest BCUT2D eigenvalue weighted by molar-refractivity contribution is 7.92. The van der Waals surface area contributed by atoms with Crippen molar-refractivity contribution < 1.29 is 8.42 Å². The molecule has 2 N–H and O–H groups in total. The first kappa shape index (κ1) is 13.3. The van der Waals surface area contributed by atoms with Gasteiger partial charge in [-0.05, 0) is 38.4 Å². The minimum Gasteiger partial charge on any atom is -0.313 e. The Morgan fingerprint density at radius 2 is 2.28 bits per heavy atom. The molecule has 0 bridgehead atoms. The lowest BCUT2D eigenvalue weighted by atomic mass is 10.1. The van der Waals surface area contributed by atoms with Crippen molar-refractivity contribution in [3.63, 3.8) is 0 Å². The van der Waals surface area contributed by atoms with E-state index in [1.165, 1.54) is 0 Å². The van der Waals surface area contributed by atoms with Crippen LogP contribution in [-0.4, -0.2) is 31.7 Å². The van der Waals surface area contributed by atoms with Gasteiger partial charge in [-0.25, -0.2) is 13.4 Å². The van der Waals surface area contributed by atoms with Crippen LogP contribution in [0, 0.1) is 6.92 Å². The maximum absolute atomic E-state index is 12.0. The zero-order valence-electron chi connectivity index (χ0n) is 10.5. The van der Waals surface area contributed by atoms with Crippen LogP contribution in [0.5, 0.6) is 0 Å². The average molecular weight is 269 g/mol. The lowest BCUT2D eigenvalue weighted by Crippen LogP contribution is -2.40. The second-order valence-corrected chi connectivity index (χ2v) is 6.46. The molecule has 0 aromatic carbocycles. The summed E-state index contributed by atoms with van der Waals surface area (Å²) in [6, 6.07) is 5.35. The number of aromatic nitrogens is 1. The molecule has 0 saturated carbocycles. The molecule has 100 valence electrons. The Morgan fingerprint density at radius 3 is 2.94 bits per heavy atom. The van der Waals surface area contributed by atoms with E-state index in [1.54, 1.807) is 12.1 Å². The largest absolute Gasteiger partial charge is 0.313 e. The highest BCUT2D eigenvalue weighted by Gasteiger charge is 2.21. The molecule has 2 rings (SSSR count). The zero-order chi connectivity index (χ0) is 13.0. The topological polar surface area (TPSA) is 71.1 Å². The lowest BCUT2D eigenvalue weighted by Gasteiger charge is -2.23. The van der Waals surface area contributed by atoms with Crippen molar-refractivity contribution in [2.75, 3.05) is 17.0 Å². The lowest BCUT2D eigenvalue weighted by molar-refractivity contribution is 0.424. The van der Waals surface area contributed by atoms with Crippen LogP contribution in [0.25, 0.3) is 0 Å². The van der Waals surface area contributed by atoms with Crippen molar-refractivity contribution in [3.05, 3.63) is 23.9 Å². The number of anilines is 1. The third kappa shape index (κ3) is 3.96. The number of rotatable bonds is 4. The predicted molar refractivity (Wildman–Crippen MR) is 72.0 cm³/mol. The number of pyridine rings is 1. The molecular weight excluding hydrogens is 250 g/mol. The highest BCUT2D eigenvalue weighted by atomic mass is 32.2. The van der Waals surface area contributed by atoms with Gasteiger partial charge in [-0.2, -0.15) is 0 Å². The Labute approximate surface area is 108 Å². The Balaban J connectivity index is 1.98. The summed E-state index contributed by atoms with van der Waals surface area (Å²) in [6.45, 7) is 2.74. The maximum Gasteiger partial charge on any atom is 0.235 e. The van der Waals surface area contributed by atoms with Gasteiger partial charge in [0.05, 0.1) is 5.75 Å². The average Bonchev–Trinajstić information content (AvgIpc) is 2.28. The molecule has 6 heteroatoms. The molecule has 1 aliphatic heterocycles. The number of hydrogen-bond donors (Lipinski definition) is 2. The normalized spacial score (nSPS) is 20.6. The number of nitrogens with one attached hydrogen (secondary N) is 2. The molecule has 1 atom stereocenters. The van der Waals surface area contributed by atoms with Crippen LogP contribution in [0.4, 0.5) is 5.82 Å². The summed E-state index contributed by atoms with van der Waals surface area (Å²) >= 11 is 0. The first-order valence-corrected chi connectivity index (χ1v) is 7.88. The smallest absolute Gasteiger partial charge is 0.235 e. The molecule has 0 amide bonds. The molecular formula is C12H19N3O2S. The van der Waals surface area contributed by atoms with Gasteiger partial charge in [0.1, 0.15) is 5.82 Å². The summed E-state index contributed by atoms with van der Waals surface area (Å²) in [6.07, 6.45) is 3.14. The SMILES string of the molecule is Cc1cccc(NS(=O)(=O)CC2CCCCN2)n1. The predicted octanol–water partition coefficient (Wildman–Crippen LogP) is 1.27. The van der Waals surface area contributed by atoms with Gasteiger partial charge >= 0.3 is 0 Å². The van der Waals surface area contributed by atoms with E-state index in [9.17, 15) is 8.42 Å². The molecule has 5 nitrogen and oxygen atoms in total. The summed E-state index contributed by atoms with van der Waals surface area (Å²) in [7, 11) is -3.33. The highest BCUT2D eigenvalue weighted by Crippen LogP contribution is 2.12. The van der Waals surface area contributed by atoms with Crippen LogP contribution in [0.1, 0.15) is 25.0 Å². The van der Waals surface area contributed by atoms with E-state index in [0.29, 0.717) is 5.82 Å². The van der Waals surface area contributed by atoms with Crippen molar-refractivity contribution in [2.24, 2.45) is 0 Å². The second kappa shape index (κ2) is 5.67. The van der Waals surface area contributed by atoms with Crippen LogP contribution in [0.3, 0.4) is 0 Å². The number of aryl methyl sites for hydroxylation is 1. The molecule has 2 heterocycles. The fourth-order valence-corrected chi connectivity index (χ4v) is 3.46. The van der Waals surface area contributed by atoms with Crippen LogP contribution in [0.15, 0.2) is 18.2 Å². The van der Waals surface area contributed by atoms with Crippen LogP contribution >= 0.6 is 0 Å². The summed E-state index contributed by atoms with van der Waals surface area (Å²) in [5.74, 6) is 0.508. The Hall–Kier alpha value is -1.14. The van der Waals surface area contributed by atoms with E-state index in [4.69, 9.17) is 0 Å². The Morgan fingerprint density at radius 1 is 1.44 bits per heavy atom.